The Morgan fingerprint density at radius 3 is 2.97 bits per heavy atom. The average molecular weight is 487 g/mol. The van der Waals surface area contributed by atoms with Crippen molar-refractivity contribution in [3.05, 3.63) is 35.2 Å². The molecular weight excluding hydrogens is 460 g/mol. The number of nitrogens with one attached hydrogen (secondary N) is 2. The highest BCUT2D eigenvalue weighted by atomic mass is 35.5. The van der Waals surface area contributed by atoms with Crippen LogP contribution in [-0.2, 0) is 21.3 Å². The first-order valence-corrected chi connectivity index (χ1v) is 13.2. The summed E-state index contributed by atoms with van der Waals surface area (Å²) < 4.78 is 36.9. The van der Waals surface area contributed by atoms with Gasteiger partial charge in [-0.05, 0) is 50.2 Å². The molecule has 8 nitrogen and oxygen atoms in total. The van der Waals surface area contributed by atoms with E-state index in [9.17, 15) is 13.2 Å². The standard InChI is InChI=1S/C20H27ClN4O4S2/c21-16-4-5-17(30-16)31(27,28)24-18-15-3-1-7-20(18,8-6-15)13-29-19(26)23-9-2-11-25-12-10-22-14-25/h4-5,10,12,14-15,18,24H,1-3,6-9,11,13H2,(H,23,26)/t15-,18-,20+/m0/s1. The summed E-state index contributed by atoms with van der Waals surface area (Å²) in [6.07, 6.45) is 10.3. The number of carbonyl (C=O) groups excluding carboxylic acids is 1. The molecule has 0 aliphatic heterocycles. The molecule has 2 N–H and O–H groups in total. The summed E-state index contributed by atoms with van der Waals surface area (Å²) in [5.74, 6) is 0.265. The number of carbonyl (C=O) groups is 1. The smallest absolute Gasteiger partial charge is 0.407 e. The number of halogens is 1. The molecule has 4 rings (SSSR count). The van der Waals surface area contributed by atoms with E-state index in [1.165, 1.54) is 6.07 Å². The van der Waals surface area contributed by atoms with Crippen LogP contribution < -0.4 is 10.0 Å². The van der Waals surface area contributed by atoms with Gasteiger partial charge < -0.3 is 14.6 Å². The van der Waals surface area contributed by atoms with E-state index in [0.29, 0.717) is 10.9 Å². The summed E-state index contributed by atoms with van der Waals surface area (Å²) in [6.45, 7) is 1.49. The van der Waals surface area contributed by atoms with Crippen molar-refractivity contribution in [2.45, 2.75) is 55.3 Å². The van der Waals surface area contributed by atoms with E-state index >= 15 is 0 Å². The first-order valence-electron chi connectivity index (χ1n) is 10.5. The summed E-state index contributed by atoms with van der Waals surface area (Å²) in [5, 5.41) is 2.78. The zero-order valence-electron chi connectivity index (χ0n) is 17.1. The molecule has 2 aromatic rings. The van der Waals surface area contributed by atoms with Crippen LogP contribution in [0.5, 0.6) is 0 Å². The van der Waals surface area contributed by atoms with E-state index in [2.05, 4.69) is 15.0 Å². The largest absolute Gasteiger partial charge is 0.449 e. The monoisotopic (exact) mass is 486 g/mol. The number of alkyl carbamates (subject to hydrolysis) is 1. The second-order valence-corrected chi connectivity index (χ2v) is 12.0. The lowest BCUT2D eigenvalue weighted by atomic mass is 9.72. The van der Waals surface area contributed by atoms with Gasteiger partial charge in [0.25, 0.3) is 0 Å². The van der Waals surface area contributed by atoms with Crippen molar-refractivity contribution in [3.63, 3.8) is 0 Å². The molecule has 2 heterocycles. The second-order valence-electron chi connectivity index (χ2n) is 8.37. The number of rotatable bonds is 9. The number of aryl methyl sites for hydroxylation is 1. The fourth-order valence-electron chi connectivity index (χ4n) is 4.86. The summed E-state index contributed by atoms with van der Waals surface area (Å²) in [5.41, 5.74) is -0.356. The molecule has 0 unspecified atom stereocenters. The third kappa shape index (κ3) is 5.24. The van der Waals surface area contributed by atoms with Crippen LogP contribution in [0.2, 0.25) is 4.34 Å². The number of aromatic nitrogens is 2. The van der Waals surface area contributed by atoms with Crippen LogP contribution in [0.1, 0.15) is 38.5 Å². The van der Waals surface area contributed by atoms with Gasteiger partial charge in [-0.2, -0.15) is 0 Å². The number of hydrogen-bond donors (Lipinski definition) is 2. The van der Waals surface area contributed by atoms with Gasteiger partial charge in [-0.1, -0.05) is 18.0 Å². The van der Waals surface area contributed by atoms with Crippen LogP contribution in [0.15, 0.2) is 35.1 Å². The summed E-state index contributed by atoms with van der Waals surface area (Å²) in [7, 11) is -3.66. The van der Waals surface area contributed by atoms with Gasteiger partial charge in [-0.25, -0.2) is 22.9 Å². The number of hydrogen-bond acceptors (Lipinski definition) is 6. The SMILES string of the molecule is O=C(NCCCn1ccnc1)OC[C@@]12CCC[C@@H](CC1)[C@@H]2NS(=O)(=O)c1ccc(Cl)s1. The molecule has 2 saturated carbocycles. The van der Waals surface area contributed by atoms with E-state index in [1.54, 1.807) is 18.6 Å². The Bertz CT molecular complexity index is 991. The number of ether oxygens (including phenoxy) is 1. The summed E-state index contributed by atoms with van der Waals surface area (Å²) >= 11 is 6.98. The van der Waals surface area contributed by atoms with Crippen LogP contribution in [-0.4, -0.2) is 43.3 Å². The number of thiophene rings is 1. The number of nitrogens with zero attached hydrogens (tertiary/aromatic N) is 2. The van der Waals surface area contributed by atoms with E-state index < -0.39 is 16.1 Å². The molecule has 0 aromatic carbocycles. The van der Waals surface area contributed by atoms with Crippen molar-refractivity contribution in [1.29, 1.82) is 0 Å². The predicted molar refractivity (Wildman–Crippen MR) is 119 cm³/mol. The molecule has 3 atom stereocenters. The highest BCUT2D eigenvalue weighted by molar-refractivity contribution is 7.91. The molecule has 0 spiro atoms. The summed E-state index contributed by atoms with van der Waals surface area (Å²) in [6, 6.07) is 2.88. The van der Waals surface area contributed by atoms with Crippen LogP contribution >= 0.6 is 22.9 Å². The number of sulfonamides is 1. The number of fused-ring (bicyclic) bond motifs is 2. The van der Waals surface area contributed by atoms with Gasteiger partial charge in [0, 0.05) is 36.9 Å². The number of imidazole rings is 1. The van der Waals surface area contributed by atoms with Crippen molar-refractivity contribution >= 4 is 39.1 Å². The van der Waals surface area contributed by atoms with Gasteiger partial charge in [0.1, 0.15) is 10.8 Å². The normalized spacial score (nSPS) is 25.5. The van der Waals surface area contributed by atoms with Crippen LogP contribution in [0.3, 0.4) is 0 Å². The maximum Gasteiger partial charge on any atom is 0.407 e. The predicted octanol–water partition coefficient (Wildman–Crippen LogP) is 3.64. The van der Waals surface area contributed by atoms with Gasteiger partial charge in [-0.15, -0.1) is 11.3 Å². The van der Waals surface area contributed by atoms with Gasteiger partial charge in [0.2, 0.25) is 10.0 Å². The Kier molecular flexibility index (Phi) is 6.90. The van der Waals surface area contributed by atoms with E-state index in [-0.39, 0.29) is 28.2 Å². The molecule has 0 radical (unpaired) electrons. The van der Waals surface area contributed by atoms with Gasteiger partial charge in [0.15, 0.2) is 0 Å². The Morgan fingerprint density at radius 2 is 2.23 bits per heavy atom. The van der Waals surface area contributed by atoms with Gasteiger partial charge >= 0.3 is 6.09 Å². The third-order valence-corrected chi connectivity index (χ3v) is 9.57. The fraction of sp³-hybridized carbons (Fsp3) is 0.600. The van der Waals surface area contributed by atoms with E-state index in [1.807, 2.05) is 10.8 Å². The minimum Gasteiger partial charge on any atom is -0.449 e. The summed E-state index contributed by atoms with van der Waals surface area (Å²) in [4.78, 5) is 16.2. The Morgan fingerprint density at radius 1 is 1.35 bits per heavy atom. The Hall–Kier alpha value is -1.62. The van der Waals surface area contributed by atoms with Gasteiger partial charge in [-0.3, -0.25) is 0 Å². The van der Waals surface area contributed by atoms with Crippen LogP contribution in [0.25, 0.3) is 0 Å². The average Bonchev–Trinajstić information content (AvgIpc) is 3.44. The van der Waals surface area contributed by atoms with Gasteiger partial charge in [0.05, 0.1) is 10.7 Å². The molecule has 1 amide bonds. The Balaban J connectivity index is 1.32. The zero-order chi connectivity index (χ0) is 21.9. The van der Waals surface area contributed by atoms with Crippen molar-refractivity contribution in [3.8, 4) is 0 Å². The third-order valence-electron chi connectivity index (χ3n) is 6.40. The molecule has 2 aliphatic carbocycles. The minimum atomic E-state index is -3.66. The highest BCUT2D eigenvalue weighted by Crippen LogP contribution is 2.52. The molecule has 31 heavy (non-hydrogen) atoms. The van der Waals surface area contributed by atoms with Crippen molar-refractivity contribution in [2.75, 3.05) is 13.2 Å². The molecule has 2 aromatic heterocycles. The highest BCUT2D eigenvalue weighted by Gasteiger charge is 2.53. The molecule has 170 valence electrons. The van der Waals surface area contributed by atoms with Crippen molar-refractivity contribution < 1.29 is 17.9 Å². The molecule has 2 fully saturated rings. The Labute approximate surface area is 191 Å². The lowest BCUT2D eigenvalue weighted by molar-refractivity contribution is 0.0473. The molecule has 0 saturated heterocycles. The minimum absolute atomic E-state index is 0.217. The molecular formula is C20H27ClN4O4S2. The lowest BCUT2D eigenvalue weighted by Crippen LogP contribution is -2.52. The fourth-order valence-corrected chi connectivity index (χ4v) is 7.76. The van der Waals surface area contributed by atoms with Crippen LogP contribution in [0, 0.1) is 11.3 Å². The quantitative estimate of drug-likeness (QED) is 0.527. The molecule has 2 bridgehead atoms. The van der Waals surface area contributed by atoms with E-state index in [0.717, 1.165) is 56.4 Å². The first-order chi connectivity index (χ1) is 14.9. The van der Waals surface area contributed by atoms with Crippen LogP contribution in [0.4, 0.5) is 4.79 Å². The first kappa shape index (κ1) is 22.6. The van der Waals surface area contributed by atoms with Crippen molar-refractivity contribution in [2.24, 2.45) is 11.3 Å². The lowest BCUT2D eigenvalue weighted by Gasteiger charge is -2.40. The number of amides is 1. The maximum absolute atomic E-state index is 12.9. The topological polar surface area (TPSA) is 102 Å². The maximum atomic E-state index is 12.9. The van der Waals surface area contributed by atoms with Crippen molar-refractivity contribution in [1.82, 2.24) is 19.6 Å². The van der Waals surface area contributed by atoms with E-state index in [4.69, 9.17) is 16.3 Å². The second kappa shape index (κ2) is 9.48. The molecule has 2 aliphatic rings. The molecule has 11 heteroatoms. The zero-order valence-corrected chi connectivity index (χ0v) is 19.5.